The highest BCUT2D eigenvalue weighted by molar-refractivity contribution is 7.86. The summed E-state index contributed by atoms with van der Waals surface area (Å²) in [6.45, 7) is 1.72. The molecule has 16 heteroatoms. The lowest BCUT2D eigenvalue weighted by atomic mass is 9.83. The average Bonchev–Trinajstić information content (AvgIpc) is 1.16. The number of aryl methyl sites for hydroxylation is 1. The summed E-state index contributed by atoms with van der Waals surface area (Å²) in [7, 11) is -5.06. The van der Waals surface area contributed by atoms with Gasteiger partial charge in [-0.2, -0.15) is 8.42 Å². The topological polar surface area (TPSA) is 204 Å². The molecule has 8 amide bonds. The number of carbonyl (C=O) groups is 8. The fraction of sp³-hybridized carbons (Fsp3) is 0.0353. The van der Waals surface area contributed by atoms with Crippen molar-refractivity contribution >= 4 is 137 Å². The Morgan fingerprint density at radius 3 is 1.00 bits per heavy atom. The van der Waals surface area contributed by atoms with Crippen molar-refractivity contribution in [2.45, 2.75) is 23.7 Å². The van der Waals surface area contributed by atoms with Crippen molar-refractivity contribution in [2.24, 2.45) is 0 Å². The zero-order chi connectivity index (χ0) is 69.0. The predicted octanol–water partition coefficient (Wildman–Crippen LogP) is 16.3. The largest absolute Gasteiger partial charge is 0.295 e. The minimum absolute atomic E-state index is 0.0244. The first-order valence-corrected chi connectivity index (χ1v) is 34.0. The molecule has 4 heterocycles. The van der Waals surface area contributed by atoms with Crippen molar-refractivity contribution in [3.05, 3.63) is 348 Å². The van der Waals surface area contributed by atoms with Gasteiger partial charge in [0.1, 0.15) is 4.90 Å². The maximum Gasteiger partial charge on any atom is 0.295 e. The fourth-order valence-corrected chi connectivity index (χ4v) is 16.5. The number of hydrogen-bond acceptors (Lipinski definition) is 10. The van der Waals surface area contributed by atoms with Crippen LogP contribution in [0.5, 0.6) is 0 Å². The first kappa shape index (κ1) is 60.3. The molecule has 101 heavy (non-hydrogen) atoms. The highest BCUT2D eigenvalue weighted by Gasteiger charge is 2.45. The third-order valence-corrected chi connectivity index (χ3v) is 21.2. The number of nitrogens with zero attached hydrogens (tertiary/aromatic N) is 4. The number of para-hydroxylation sites is 2. The Bertz CT molecular complexity index is 5970. The molecule has 12 aromatic rings. The van der Waals surface area contributed by atoms with Crippen LogP contribution in [0.15, 0.2) is 248 Å². The second-order valence-corrected chi connectivity index (χ2v) is 27.1. The lowest BCUT2D eigenvalue weighted by Crippen LogP contribution is -2.43. The van der Waals surface area contributed by atoms with Crippen molar-refractivity contribution in [1.29, 1.82) is 0 Å². The van der Waals surface area contributed by atoms with Crippen LogP contribution in [0.2, 0.25) is 0 Å². The number of hydrogen-bond donors (Lipinski definition) is 1. The summed E-state index contributed by atoms with van der Waals surface area (Å²) in [6.07, 6.45) is 7.23. The fourth-order valence-electron chi connectivity index (χ4n) is 15.8. The van der Waals surface area contributed by atoms with Crippen molar-refractivity contribution in [1.82, 2.24) is 0 Å². The molecule has 18 rings (SSSR count). The third kappa shape index (κ3) is 8.98. The van der Waals surface area contributed by atoms with E-state index in [1.54, 1.807) is 55.5 Å². The molecular weight excluding hydrogens is 1290 g/mol. The Labute approximate surface area is 576 Å². The van der Waals surface area contributed by atoms with E-state index in [4.69, 9.17) is 0 Å². The lowest BCUT2D eigenvalue weighted by Gasteiger charge is -2.33. The van der Waals surface area contributed by atoms with Gasteiger partial charge in [0.2, 0.25) is 0 Å². The highest BCUT2D eigenvalue weighted by Crippen LogP contribution is 2.52. The number of anilines is 4. The molecule has 2 aliphatic carbocycles. The van der Waals surface area contributed by atoms with Gasteiger partial charge in [-0.15, -0.1) is 0 Å². The summed E-state index contributed by atoms with van der Waals surface area (Å²) in [5.41, 5.74) is 12.0. The van der Waals surface area contributed by atoms with Crippen LogP contribution in [0.1, 0.15) is 156 Å². The van der Waals surface area contributed by atoms with E-state index in [-0.39, 0.29) is 94.8 Å². The summed E-state index contributed by atoms with van der Waals surface area (Å²) in [6, 6.07) is 70.8. The molecule has 0 radical (unpaired) electrons. The van der Waals surface area contributed by atoms with E-state index in [1.165, 1.54) is 71.6 Å². The third-order valence-electron chi connectivity index (χ3n) is 20.3. The molecule has 0 saturated carbocycles. The molecule has 482 valence electrons. The Morgan fingerprint density at radius 1 is 0.327 bits per heavy atom. The van der Waals surface area contributed by atoms with Crippen LogP contribution in [0, 0.1) is 6.92 Å². The summed E-state index contributed by atoms with van der Waals surface area (Å²) in [5.74, 6) is -6.31. The van der Waals surface area contributed by atoms with Gasteiger partial charge >= 0.3 is 0 Å². The highest BCUT2D eigenvalue weighted by atomic mass is 32.2. The second kappa shape index (κ2) is 22.5. The van der Waals surface area contributed by atoms with E-state index in [2.05, 4.69) is 18.2 Å². The maximum atomic E-state index is 15.0. The molecule has 0 aromatic heterocycles. The standard InChI is InChI=1S/C85H50N4O11S/c1-46-42-53(86-78(90)59-34-38-63-76-64(39-35-60(74(59)76)79(86)91)83(95)88(82(63)94)69-26-14-12-24-57(69)72-55-22-10-8-20-51(55)43-67(72)48-16-4-2-5-17-48)32-30-47(46)28-29-50-31-33-54(45-71(50)101(98,99)100)87-80(92)61-36-40-65-77-66(41-37-62(75(61)77)81(87)93)85(97)89(84(65)96)70-27-15-13-25-58(70)73-56-23-11-9-21-52(56)44-68(73)49-18-6-3-7-19-49/h2-45,72-73H,1H3,(H,98,99,100)/b29-28+. The average molecular weight is 1340 g/mol. The molecule has 1 N–H and O–H groups in total. The van der Waals surface area contributed by atoms with Gasteiger partial charge in [0, 0.05) is 77.9 Å². The number of rotatable bonds is 11. The van der Waals surface area contributed by atoms with Crippen LogP contribution >= 0.6 is 0 Å². The minimum atomic E-state index is -5.06. The van der Waals surface area contributed by atoms with Gasteiger partial charge in [0.25, 0.3) is 57.4 Å². The maximum absolute atomic E-state index is 15.0. The Balaban J connectivity index is 0.614. The molecule has 4 aliphatic heterocycles. The van der Waals surface area contributed by atoms with Crippen molar-refractivity contribution in [3.63, 3.8) is 0 Å². The number of imide groups is 4. The molecule has 2 unspecified atom stereocenters. The SMILES string of the molecule is Cc1cc(N2C(=O)c3ccc4c5c(ccc(c35)C2=O)C(=O)N(c2ccccc2C2C(c3ccccc3)=Cc3ccccc32)C4=O)ccc1/C=C/c1ccc(N2C(=O)c3ccc4c5c(ccc(c35)C2=O)C(=O)N(c2ccccc2C2C(c3ccccc3)=Cc3ccccc32)C4=O)cc1S(=O)(=O)O. The number of fused-ring (bicyclic) bond motifs is 2. The Hall–Kier alpha value is -13.2. The summed E-state index contributed by atoms with van der Waals surface area (Å²) < 4.78 is 37.4. The molecule has 0 saturated heterocycles. The van der Waals surface area contributed by atoms with E-state index >= 15 is 0 Å². The van der Waals surface area contributed by atoms with Crippen LogP contribution in [-0.2, 0) is 10.1 Å². The van der Waals surface area contributed by atoms with Crippen LogP contribution < -0.4 is 19.6 Å². The molecule has 0 fully saturated rings. The van der Waals surface area contributed by atoms with Crippen molar-refractivity contribution < 1.29 is 51.3 Å². The second-order valence-electron chi connectivity index (χ2n) is 25.7. The number of allylic oxidation sites excluding steroid dienone is 2. The molecule has 0 spiro atoms. The number of carbonyl (C=O) groups excluding carboxylic acids is 8. The van der Waals surface area contributed by atoms with Crippen molar-refractivity contribution in [2.75, 3.05) is 19.6 Å². The molecule has 2 atom stereocenters. The normalized spacial score (nSPS) is 16.7. The van der Waals surface area contributed by atoms with Gasteiger partial charge in [-0.25, -0.2) is 19.6 Å². The Kier molecular flexibility index (Phi) is 13.4. The molecule has 12 aromatic carbocycles. The van der Waals surface area contributed by atoms with E-state index in [0.717, 1.165) is 76.4 Å². The van der Waals surface area contributed by atoms with E-state index in [0.29, 0.717) is 22.5 Å². The quantitative estimate of drug-likeness (QED) is 0.0733. The van der Waals surface area contributed by atoms with Gasteiger partial charge in [0.15, 0.2) is 0 Å². The van der Waals surface area contributed by atoms with E-state index in [1.807, 2.05) is 127 Å². The van der Waals surface area contributed by atoms with Crippen LogP contribution in [0.4, 0.5) is 22.7 Å². The first-order chi connectivity index (χ1) is 49.0. The first-order valence-electron chi connectivity index (χ1n) is 32.6. The minimum Gasteiger partial charge on any atom is -0.282 e. The van der Waals surface area contributed by atoms with Crippen LogP contribution in [0.25, 0.3) is 57.0 Å². The summed E-state index contributed by atoms with van der Waals surface area (Å²) in [4.78, 5) is 123. The van der Waals surface area contributed by atoms with E-state index < -0.39 is 62.3 Å². The van der Waals surface area contributed by atoms with Crippen LogP contribution in [0.3, 0.4) is 0 Å². The van der Waals surface area contributed by atoms with Gasteiger partial charge in [-0.1, -0.05) is 170 Å². The molecule has 0 bridgehead atoms. The predicted molar refractivity (Wildman–Crippen MR) is 387 cm³/mol. The molecule has 6 aliphatic rings. The zero-order valence-corrected chi connectivity index (χ0v) is 54.1. The number of benzene rings is 12. The van der Waals surface area contributed by atoms with Crippen molar-refractivity contribution in [3.8, 4) is 0 Å². The Morgan fingerprint density at radius 2 is 0.634 bits per heavy atom. The molecular formula is C85H50N4O11S. The molecule has 15 nitrogen and oxygen atoms in total. The smallest absolute Gasteiger partial charge is 0.282 e. The van der Waals surface area contributed by atoms with Gasteiger partial charge in [0.05, 0.1) is 22.7 Å². The van der Waals surface area contributed by atoms with Crippen LogP contribution in [-0.4, -0.2) is 60.2 Å². The van der Waals surface area contributed by atoms with Gasteiger partial charge in [-0.05, 0) is 176 Å². The number of amides is 8. The monoisotopic (exact) mass is 1330 g/mol. The van der Waals surface area contributed by atoms with Gasteiger partial charge < -0.3 is 0 Å². The summed E-state index contributed by atoms with van der Waals surface area (Å²) in [5, 5.41) is 0.631. The lowest BCUT2D eigenvalue weighted by molar-refractivity contribution is 0.0873. The summed E-state index contributed by atoms with van der Waals surface area (Å²) >= 11 is 0. The van der Waals surface area contributed by atoms with Gasteiger partial charge in [-0.3, -0.25) is 42.9 Å². The zero-order valence-electron chi connectivity index (χ0n) is 53.3. The van der Waals surface area contributed by atoms with E-state index in [9.17, 15) is 51.3 Å².